The fourth-order valence-corrected chi connectivity index (χ4v) is 2.03. The molecule has 0 atom stereocenters. The minimum Gasteiger partial charge on any atom is -0.456 e. The highest BCUT2D eigenvalue weighted by molar-refractivity contribution is 5.97. The predicted molar refractivity (Wildman–Crippen MR) is 73.8 cm³/mol. The van der Waals surface area contributed by atoms with Crippen LogP contribution >= 0.6 is 0 Å². The molecule has 3 rings (SSSR count). The molecule has 1 aliphatic heterocycles. The summed E-state index contributed by atoms with van der Waals surface area (Å²) in [4.78, 5) is 11.6. The summed E-state index contributed by atoms with van der Waals surface area (Å²) in [5.74, 6) is 1.97. The first-order valence-corrected chi connectivity index (χ1v) is 6.30. The molecule has 104 valence electrons. The van der Waals surface area contributed by atoms with Crippen molar-refractivity contribution in [1.29, 1.82) is 5.26 Å². The Balaban J connectivity index is 1.97. The molecule has 21 heavy (non-hydrogen) atoms. The zero-order valence-corrected chi connectivity index (χ0v) is 11.3. The first kappa shape index (κ1) is 13.0. The number of benzene rings is 2. The molecular weight excluding hydrogens is 270 g/mol. The Bertz CT molecular complexity index is 761. The van der Waals surface area contributed by atoms with Gasteiger partial charge in [0, 0.05) is 6.07 Å². The van der Waals surface area contributed by atoms with Crippen molar-refractivity contribution < 1.29 is 19.0 Å². The van der Waals surface area contributed by atoms with Crippen LogP contribution in [-0.2, 0) is 0 Å². The molecule has 5 heteroatoms. The third kappa shape index (κ3) is 2.51. The molecule has 0 spiro atoms. The first-order chi connectivity index (χ1) is 10.2. The minimum atomic E-state index is -0.129. The van der Waals surface area contributed by atoms with Gasteiger partial charge in [0.2, 0.25) is 6.79 Å². The van der Waals surface area contributed by atoms with Gasteiger partial charge in [-0.3, -0.25) is 4.79 Å². The summed E-state index contributed by atoms with van der Waals surface area (Å²) < 4.78 is 16.2. The van der Waals surface area contributed by atoms with Crippen molar-refractivity contribution >= 4 is 5.78 Å². The Hall–Kier alpha value is -3.00. The van der Waals surface area contributed by atoms with Gasteiger partial charge in [0.25, 0.3) is 0 Å². The number of rotatable bonds is 3. The molecule has 0 bridgehead atoms. The summed E-state index contributed by atoms with van der Waals surface area (Å²) in [6.45, 7) is 1.63. The zero-order valence-electron chi connectivity index (χ0n) is 11.3. The van der Waals surface area contributed by atoms with Crippen molar-refractivity contribution in [3.05, 3.63) is 47.5 Å². The van der Waals surface area contributed by atoms with E-state index in [1.165, 1.54) is 6.92 Å². The fraction of sp³-hybridized carbons (Fsp3) is 0.125. The van der Waals surface area contributed by atoms with Crippen molar-refractivity contribution in [1.82, 2.24) is 0 Å². The van der Waals surface area contributed by atoms with E-state index in [0.717, 1.165) is 0 Å². The van der Waals surface area contributed by atoms with Crippen LogP contribution in [0.25, 0.3) is 0 Å². The molecule has 0 amide bonds. The van der Waals surface area contributed by atoms with Crippen LogP contribution in [0, 0.1) is 11.3 Å². The second-order valence-corrected chi connectivity index (χ2v) is 4.50. The van der Waals surface area contributed by atoms with Crippen LogP contribution in [0.1, 0.15) is 22.8 Å². The zero-order chi connectivity index (χ0) is 14.8. The van der Waals surface area contributed by atoms with E-state index in [9.17, 15) is 4.79 Å². The van der Waals surface area contributed by atoms with Crippen molar-refractivity contribution in [2.75, 3.05) is 6.79 Å². The van der Waals surface area contributed by atoms with Gasteiger partial charge >= 0.3 is 0 Å². The molecule has 5 nitrogen and oxygen atoms in total. The van der Waals surface area contributed by atoms with Crippen molar-refractivity contribution in [2.24, 2.45) is 0 Å². The maximum absolute atomic E-state index is 11.6. The summed E-state index contributed by atoms with van der Waals surface area (Å²) in [6, 6.07) is 11.9. The second kappa shape index (κ2) is 5.17. The largest absolute Gasteiger partial charge is 0.456 e. The lowest BCUT2D eigenvalue weighted by Crippen LogP contribution is -1.97. The highest BCUT2D eigenvalue weighted by Gasteiger charge is 2.16. The SMILES string of the molecule is CC(=O)c1ccc(C#N)cc1Oc1ccc2c(c1)OCO2. The van der Waals surface area contributed by atoms with Gasteiger partial charge in [-0.2, -0.15) is 5.26 Å². The van der Waals surface area contributed by atoms with Crippen LogP contribution < -0.4 is 14.2 Å². The van der Waals surface area contributed by atoms with Crippen molar-refractivity contribution in [3.63, 3.8) is 0 Å². The molecule has 0 radical (unpaired) electrons. The number of ether oxygens (including phenoxy) is 3. The van der Waals surface area contributed by atoms with Gasteiger partial charge in [-0.25, -0.2) is 0 Å². The minimum absolute atomic E-state index is 0.129. The monoisotopic (exact) mass is 281 g/mol. The number of hydrogen-bond donors (Lipinski definition) is 0. The lowest BCUT2D eigenvalue weighted by molar-refractivity contribution is 0.101. The smallest absolute Gasteiger partial charge is 0.231 e. The average Bonchev–Trinajstić information content (AvgIpc) is 2.94. The molecule has 0 aromatic heterocycles. The number of hydrogen-bond acceptors (Lipinski definition) is 5. The Kier molecular flexibility index (Phi) is 3.20. The van der Waals surface area contributed by atoms with Crippen LogP contribution in [0.4, 0.5) is 0 Å². The van der Waals surface area contributed by atoms with E-state index < -0.39 is 0 Å². The maximum atomic E-state index is 11.6. The third-order valence-corrected chi connectivity index (χ3v) is 3.06. The number of nitrogens with zero attached hydrogens (tertiary/aromatic N) is 1. The number of fused-ring (bicyclic) bond motifs is 1. The number of nitriles is 1. The summed E-state index contributed by atoms with van der Waals surface area (Å²) in [5.41, 5.74) is 0.849. The molecule has 0 aliphatic carbocycles. The topological polar surface area (TPSA) is 68.6 Å². The van der Waals surface area contributed by atoms with E-state index in [1.54, 1.807) is 36.4 Å². The normalized spacial score (nSPS) is 11.8. The van der Waals surface area contributed by atoms with Gasteiger partial charge in [0.15, 0.2) is 17.3 Å². The molecule has 0 saturated heterocycles. The molecule has 2 aromatic rings. The highest BCUT2D eigenvalue weighted by Crippen LogP contribution is 2.37. The van der Waals surface area contributed by atoms with E-state index in [1.807, 2.05) is 6.07 Å². The summed E-state index contributed by atoms with van der Waals surface area (Å²) in [5, 5.41) is 8.96. The second-order valence-electron chi connectivity index (χ2n) is 4.50. The summed E-state index contributed by atoms with van der Waals surface area (Å²) in [6.07, 6.45) is 0. The quantitative estimate of drug-likeness (QED) is 0.807. The molecule has 0 N–H and O–H groups in total. The van der Waals surface area contributed by atoms with Crippen molar-refractivity contribution in [3.8, 4) is 29.1 Å². The van der Waals surface area contributed by atoms with Gasteiger partial charge in [-0.15, -0.1) is 0 Å². The average molecular weight is 281 g/mol. The van der Waals surface area contributed by atoms with Crippen molar-refractivity contribution in [2.45, 2.75) is 6.92 Å². The third-order valence-electron chi connectivity index (χ3n) is 3.06. The molecule has 1 aliphatic rings. The molecular formula is C16H11NO4. The molecule has 0 unspecified atom stereocenters. The van der Waals surface area contributed by atoms with E-state index in [2.05, 4.69) is 0 Å². The summed E-state index contributed by atoms with van der Waals surface area (Å²) >= 11 is 0. The van der Waals surface area contributed by atoms with E-state index in [4.69, 9.17) is 19.5 Å². The number of carbonyl (C=O) groups is 1. The first-order valence-electron chi connectivity index (χ1n) is 6.30. The van der Waals surface area contributed by atoms with Gasteiger partial charge in [-0.05, 0) is 37.3 Å². The molecule has 0 saturated carbocycles. The van der Waals surface area contributed by atoms with E-state index in [0.29, 0.717) is 34.1 Å². The maximum Gasteiger partial charge on any atom is 0.231 e. The van der Waals surface area contributed by atoms with Crippen LogP contribution in [0.5, 0.6) is 23.0 Å². The van der Waals surface area contributed by atoms with Gasteiger partial charge in [-0.1, -0.05) is 0 Å². The van der Waals surface area contributed by atoms with Crippen LogP contribution in [0.3, 0.4) is 0 Å². The Morgan fingerprint density at radius 1 is 1.19 bits per heavy atom. The van der Waals surface area contributed by atoms with Crippen LogP contribution in [0.2, 0.25) is 0 Å². The Morgan fingerprint density at radius 3 is 2.76 bits per heavy atom. The molecule has 1 heterocycles. The fourth-order valence-electron chi connectivity index (χ4n) is 2.03. The van der Waals surface area contributed by atoms with Gasteiger partial charge in [0.05, 0.1) is 17.2 Å². The summed E-state index contributed by atoms with van der Waals surface area (Å²) in [7, 11) is 0. The number of Topliss-reactive ketones (excluding diaryl/α,β-unsaturated/α-hetero) is 1. The molecule has 2 aromatic carbocycles. The van der Waals surface area contributed by atoms with Crippen LogP contribution in [0.15, 0.2) is 36.4 Å². The highest BCUT2D eigenvalue weighted by atomic mass is 16.7. The Labute approximate surface area is 121 Å². The van der Waals surface area contributed by atoms with E-state index in [-0.39, 0.29) is 12.6 Å². The predicted octanol–water partition coefficient (Wildman–Crippen LogP) is 3.28. The standard InChI is InChI=1S/C16H11NO4/c1-10(18)13-4-2-11(8-17)6-15(13)21-12-3-5-14-16(7-12)20-9-19-14/h2-7H,9H2,1H3. The van der Waals surface area contributed by atoms with Gasteiger partial charge in [0.1, 0.15) is 11.5 Å². The molecule has 0 fully saturated rings. The van der Waals surface area contributed by atoms with E-state index >= 15 is 0 Å². The lowest BCUT2D eigenvalue weighted by Gasteiger charge is -2.10. The lowest BCUT2D eigenvalue weighted by atomic mass is 10.1. The number of carbonyl (C=O) groups excluding carboxylic acids is 1. The Morgan fingerprint density at radius 2 is 2.00 bits per heavy atom. The number of ketones is 1. The van der Waals surface area contributed by atoms with Crippen LogP contribution in [-0.4, -0.2) is 12.6 Å². The van der Waals surface area contributed by atoms with Gasteiger partial charge < -0.3 is 14.2 Å².